The summed E-state index contributed by atoms with van der Waals surface area (Å²) < 4.78 is 41.8. The molecule has 2 aliphatic heterocycles. The molecule has 10 nitrogen and oxygen atoms in total. The van der Waals surface area contributed by atoms with E-state index < -0.39 is 10.0 Å². The highest BCUT2D eigenvalue weighted by Gasteiger charge is 2.31. The largest absolute Gasteiger partial charge is 0.378 e. The van der Waals surface area contributed by atoms with Gasteiger partial charge < -0.3 is 14.5 Å². The third-order valence-corrected chi connectivity index (χ3v) is 8.03. The molecule has 12 heteroatoms. The zero-order valence-electron chi connectivity index (χ0n) is 17.1. The van der Waals surface area contributed by atoms with Gasteiger partial charge >= 0.3 is 0 Å². The fourth-order valence-corrected chi connectivity index (χ4v) is 6.06. The molecule has 0 N–H and O–H groups in total. The lowest BCUT2D eigenvalue weighted by atomic mass is 10.3. The SMILES string of the molecule is Cc1cc(N2CCN(S(=O)(=O)c3cccc4nsnc34)CC2)nc(N2CCOCC2)n1. The monoisotopic (exact) mass is 461 g/mol. The van der Waals surface area contributed by atoms with E-state index in [1.165, 1.54) is 4.31 Å². The molecule has 4 heterocycles. The number of sulfonamides is 1. The molecule has 0 bridgehead atoms. The van der Waals surface area contributed by atoms with Gasteiger partial charge in [-0.3, -0.25) is 0 Å². The van der Waals surface area contributed by atoms with Crippen LogP contribution in [0.25, 0.3) is 11.0 Å². The summed E-state index contributed by atoms with van der Waals surface area (Å²) in [6, 6.07) is 7.05. The topological polar surface area (TPSA) is 105 Å². The summed E-state index contributed by atoms with van der Waals surface area (Å²) in [5.41, 5.74) is 1.94. The van der Waals surface area contributed by atoms with Crippen LogP contribution in [0, 0.1) is 6.92 Å². The first-order valence-corrected chi connectivity index (χ1v) is 12.3. The van der Waals surface area contributed by atoms with Crippen molar-refractivity contribution in [2.45, 2.75) is 11.8 Å². The van der Waals surface area contributed by atoms with Crippen molar-refractivity contribution < 1.29 is 13.2 Å². The van der Waals surface area contributed by atoms with Crippen LogP contribution in [0.5, 0.6) is 0 Å². The van der Waals surface area contributed by atoms with Gasteiger partial charge in [-0.15, -0.1) is 0 Å². The Hall–Kier alpha value is -2.41. The lowest BCUT2D eigenvalue weighted by Crippen LogP contribution is -2.49. The van der Waals surface area contributed by atoms with E-state index in [0.29, 0.717) is 56.4 Å². The molecule has 31 heavy (non-hydrogen) atoms. The van der Waals surface area contributed by atoms with Crippen LogP contribution in [0.2, 0.25) is 0 Å². The summed E-state index contributed by atoms with van der Waals surface area (Å²) in [6.45, 7) is 6.72. The Kier molecular flexibility index (Phi) is 5.46. The van der Waals surface area contributed by atoms with E-state index in [1.54, 1.807) is 18.2 Å². The first-order valence-electron chi connectivity index (χ1n) is 10.2. The van der Waals surface area contributed by atoms with Crippen molar-refractivity contribution in [2.75, 3.05) is 62.3 Å². The van der Waals surface area contributed by atoms with Gasteiger partial charge in [0.15, 0.2) is 0 Å². The second kappa shape index (κ2) is 8.26. The summed E-state index contributed by atoms with van der Waals surface area (Å²) >= 11 is 1.02. The van der Waals surface area contributed by atoms with Crippen molar-refractivity contribution in [3.8, 4) is 0 Å². The molecule has 0 saturated carbocycles. The van der Waals surface area contributed by atoms with Gasteiger partial charge in [0.1, 0.15) is 21.7 Å². The van der Waals surface area contributed by atoms with E-state index in [0.717, 1.165) is 36.3 Å². The Morgan fingerprint density at radius 3 is 2.52 bits per heavy atom. The van der Waals surface area contributed by atoms with E-state index in [2.05, 4.69) is 23.5 Å². The lowest BCUT2D eigenvalue weighted by molar-refractivity contribution is 0.122. The number of fused-ring (bicyclic) bond motifs is 1. The Morgan fingerprint density at radius 2 is 1.74 bits per heavy atom. The molecule has 0 spiro atoms. The van der Waals surface area contributed by atoms with E-state index in [1.807, 2.05) is 13.0 Å². The minimum Gasteiger partial charge on any atom is -0.378 e. The number of benzene rings is 1. The molecule has 2 aliphatic rings. The van der Waals surface area contributed by atoms with Crippen LogP contribution in [0.4, 0.5) is 11.8 Å². The molecule has 5 rings (SSSR count). The van der Waals surface area contributed by atoms with Crippen molar-refractivity contribution in [2.24, 2.45) is 0 Å². The van der Waals surface area contributed by atoms with E-state index in [4.69, 9.17) is 9.72 Å². The van der Waals surface area contributed by atoms with E-state index in [-0.39, 0.29) is 4.90 Å². The van der Waals surface area contributed by atoms with Crippen molar-refractivity contribution in [3.05, 3.63) is 30.0 Å². The van der Waals surface area contributed by atoms with Crippen LogP contribution in [0.3, 0.4) is 0 Å². The maximum atomic E-state index is 13.3. The molecule has 0 amide bonds. The minimum absolute atomic E-state index is 0.222. The number of hydrogen-bond donors (Lipinski definition) is 0. The van der Waals surface area contributed by atoms with Gasteiger partial charge in [0.2, 0.25) is 16.0 Å². The number of aryl methyl sites for hydroxylation is 1. The number of ether oxygens (including phenoxy) is 1. The number of morpholine rings is 1. The van der Waals surface area contributed by atoms with Crippen LogP contribution in [0.15, 0.2) is 29.2 Å². The van der Waals surface area contributed by atoms with Gasteiger partial charge in [0.05, 0.1) is 24.9 Å². The fourth-order valence-electron chi connectivity index (χ4n) is 3.89. The smallest absolute Gasteiger partial charge is 0.245 e. The van der Waals surface area contributed by atoms with Gasteiger partial charge in [0, 0.05) is 51.0 Å². The maximum absolute atomic E-state index is 13.3. The average molecular weight is 462 g/mol. The van der Waals surface area contributed by atoms with E-state index >= 15 is 0 Å². The first-order chi connectivity index (χ1) is 15.0. The molecule has 3 aromatic rings. The van der Waals surface area contributed by atoms with Crippen LogP contribution >= 0.6 is 11.7 Å². The van der Waals surface area contributed by atoms with Gasteiger partial charge in [0.25, 0.3) is 0 Å². The third kappa shape index (κ3) is 3.95. The van der Waals surface area contributed by atoms with Crippen molar-refractivity contribution >= 4 is 44.6 Å². The normalized spacial score (nSPS) is 18.6. The Labute approximate surface area is 184 Å². The second-order valence-corrected chi connectivity index (χ2v) is 9.98. The van der Waals surface area contributed by atoms with Gasteiger partial charge in [-0.1, -0.05) is 6.07 Å². The second-order valence-electron chi connectivity index (χ2n) is 7.55. The molecule has 0 radical (unpaired) electrons. The molecule has 0 aliphatic carbocycles. The number of piperazine rings is 1. The summed E-state index contributed by atoms with van der Waals surface area (Å²) in [5.74, 6) is 1.54. The summed E-state index contributed by atoms with van der Waals surface area (Å²) in [6.07, 6.45) is 0. The zero-order chi connectivity index (χ0) is 21.4. The predicted octanol–water partition coefficient (Wildman–Crippen LogP) is 1.14. The maximum Gasteiger partial charge on any atom is 0.245 e. The molecule has 2 fully saturated rings. The standard InChI is InChI=1S/C19H23N7O3S2/c1-14-13-17(21-19(20-14)25-9-11-29-12-10-25)24-5-7-26(8-6-24)31(27,28)16-4-2-3-15-18(16)23-30-22-15/h2-4,13H,5-12H2,1H3. The van der Waals surface area contributed by atoms with Gasteiger partial charge in [-0.05, 0) is 19.1 Å². The average Bonchev–Trinajstić information content (AvgIpc) is 3.28. The predicted molar refractivity (Wildman–Crippen MR) is 118 cm³/mol. The molecule has 164 valence electrons. The molecule has 2 aromatic heterocycles. The Balaban J connectivity index is 1.33. The van der Waals surface area contributed by atoms with Crippen LogP contribution < -0.4 is 9.80 Å². The number of nitrogens with zero attached hydrogens (tertiary/aromatic N) is 7. The quantitative estimate of drug-likeness (QED) is 0.565. The highest BCUT2D eigenvalue weighted by molar-refractivity contribution is 7.89. The fraction of sp³-hybridized carbons (Fsp3) is 0.474. The Morgan fingerprint density at radius 1 is 0.968 bits per heavy atom. The van der Waals surface area contributed by atoms with E-state index in [9.17, 15) is 8.42 Å². The van der Waals surface area contributed by atoms with Crippen LogP contribution in [-0.2, 0) is 14.8 Å². The van der Waals surface area contributed by atoms with Crippen molar-refractivity contribution in [1.29, 1.82) is 0 Å². The number of hydrogen-bond acceptors (Lipinski definition) is 10. The van der Waals surface area contributed by atoms with Gasteiger partial charge in [-0.2, -0.15) is 18.0 Å². The zero-order valence-corrected chi connectivity index (χ0v) is 18.8. The highest BCUT2D eigenvalue weighted by atomic mass is 32.2. The van der Waals surface area contributed by atoms with Crippen molar-refractivity contribution in [1.82, 2.24) is 23.0 Å². The van der Waals surface area contributed by atoms with Gasteiger partial charge in [-0.25, -0.2) is 13.4 Å². The molecule has 0 atom stereocenters. The summed E-state index contributed by atoms with van der Waals surface area (Å²) in [5, 5.41) is 0. The van der Waals surface area contributed by atoms with Crippen molar-refractivity contribution in [3.63, 3.8) is 0 Å². The third-order valence-electron chi connectivity index (χ3n) is 5.55. The first kappa shape index (κ1) is 20.5. The molecule has 2 saturated heterocycles. The summed E-state index contributed by atoms with van der Waals surface area (Å²) in [4.78, 5) is 13.8. The molecule has 1 aromatic carbocycles. The number of anilines is 2. The number of rotatable bonds is 4. The van der Waals surface area contributed by atoms with Crippen LogP contribution in [-0.4, -0.2) is 83.9 Å². The van der Waals surface area contributed by atoms with Crippen LogP contribution in [0.1, 0.15) is 5.69 Å². The molecule has 0 unspecified atom stereocenters. The molecular weight excluding hydrogens is 438 g/mol. The lowest BCUT2D eigenvalue weighted by Gasteiger charge is -2.35. The summed E-state index contributed by atoms with van der Waals surface area (Å²) in [7, 11) is -3.64. The minimum atomic E-state index is -3.64. The highest BCUT2D eigenvalue weighted by Crippen LogP contribution is 2.26. The molecular formula is C19H23N7O3S2. The number of aromatic nitrogens is 4. The Bertz CT molecular complexity index is 1190.